The standard InChI is InChI=1S/C56H48N6O2/c57-61-55(63)49-13-3-1-9-43(49)11-5-7-37-15-19-39(20-16-37)41-23-27-45(28-24-41)51-35-33-47-31-32-48-34-36-52(60-54(48)53(47)59-51)46-29-25-42(26-30-46)40-21-17-38(18-22-40)8-6-12-44-10-2-4-14-50(44)56(64)62-58/h1-4,9-10,13-36H,5-8,11-12,57-58H2,(H,61,63)(H,62,64). The molecule has 0 saturated heterocycles. The Bertz CT molecular complexity index is 2880. The van der Waals surface area contributed by atoms with Gasteiger partial charge in [-0.3, -0.25) is 20.4 Å². The molecule has 8 heteroatoms. The summed E-state index contributed by atoms with van der Waals surface area (Å²) < 4.78 is 0. The summed E-state index contributed by atoms with van der Waals surface area (Å²) in [5.41, 5.74) is 20.5. The zero-order valence-electron chi connectivity index (χ0n) is 35.4. The summed E-state index contributed by atoms with van der Waals surface area (Å²) in [7, 11) is 0. The zero-order chi connectivity index (χ0) is 43.8. The number of amides is 2. The lowest BCUT2D eigenvalue weighted by atomic mass is 9.97. The van der Waals surface area contributed by atoms with Crippen LogP contribution in [0.25, 0.3) is 66.6 Å². The quantitative estimate of drug-likeness (QED) is 0.0373. The van der Waals surface area contributed by atoms with E-state index >= 15 is 0 Å². The second-order valence-corrected chi connectivity index (χ2v) is 16.1. The van der Waals surface area contributed by atoms with Crippen LogP contribution in [-0.4, -0.2) is 21.8 Å². The number of nitrogens with one attached hydrogen (secondary N) is 2. The van der Waals surface area contributed by atoms with E-state index in [1.165, 1.54) is 11.1 Å². The molecule has 314 valence electrons. The monoisotopic (exact) mass is 836 g/mol. The number of fused-ring (bicyclic) bond motifs is 3. The number of rotatable bonds is 14. The number of carbonyl (C=O) groups excluding carboxylic acids is 2. The molecule has 8 nitrogen and oxygen atoms in total. The summed E-state index contributed by atoms with van der Waals surface area (Å²) in [5.74, 6) is 10.2. The molecule has 9 rings (SSSR count). The second-order valence-electron chi connectivity index (χ2n) is 16.1. The van der Waals surface area contributed by atoms with E-state index in [4.69, 9.17) is 21.7 Å². The minimum Gasteiger partial charge on any atom is -0.290 e. The highest BCUT2D eigenvalue weighted by Gasteiger charge is 2.13. The number of pyridine rings is 2. The maximum absolute atomic E-state index is 12.1. The number of aromatic nitrogens is 2. The Labute approximate surface area is 373 Å². The van der Waals surface area contributed by atoms with Crippen LogP contribution in [-0.2, 0) is 25.7 Å². The Balaban J connectivity index is 0.854. The molecule has 0 saturated carbocycles. The Kier molecular flexibility index (Phi) is 12.4. The van der Waals surface area contributed by atoms with Gasteiger partial charge in [0, 0.05) is 33.0 Å². The normalized spacial score (nSPS) is 11.2. The van der Waals surface area contributed by atoms with E-state index < -0.39 is 0 Å². The van der Waals surface area contributed by atoms with E-state index in [0.717, 1.165) is 116 Å². The van der Waals surface area contributed by atoms with Gasteiger partial charge in [-0.05, 0) is 107 Å². The Morgan fingerprint density at radius 3 is 1.08 bits per heavy atom. The third-order valence-corrected chi connectivity index (χ3v) is 12.1. The van der Waals surface area contributed by atoms with Crippen LogP contribution < -0.4 is 22.5 Å². The first-order valence-electron chi connectivity index (χ1n) is 21.7. The number of carbonyl (C=O) groups is 2. The molecule has 2 heterocycles. The van der Waals surface area contributed by atoms with Gasteiger partial charge < -0.3 is 0 Å². The Morgan fingerprint density at radius 2 is 0.703 bits per heavy atom. The van der Waals surface area contributed by atoms with Crippen molar-refractivity contribution >= 4 is 33.6 Å². The van der Waals surface area contributed by atoms with Gasteiger partial charge in [-0.2, -0.15) is 0 Å². The molecule has 2 amide bonds. The third kappa shape index (κ3) is 9.20. The Hall–Kier alpha value is -7.78. The fourth-order valence-corrected chi connectivity index (χ4v) is 8.52. The number of benzene rings is 7. The number of hydrogen-bond acceptors (Lipinski definition) is 6. The van der Waals surface area contributed by atoms with Crippen molar-refractivity contribution in [1.82, 2.24) is 20.8 Å². The highest BCUT2D eigenvalue weighted by Crippen LogP contribution is 2.31. The highest BCUT2D eigenvalue weighted by atomic mass is 16.2. The minimum atomic E-state index is -0.258. The molecule has 0 aliphatic heterocycles. The lowest BCUT2D eigenvalue weighted by Gasteiger charge is -2.10. The predicted molar refractivity (Wildman–Crippen MR) is 259 cm³/mol. The number of nitrogens with zero attached hydrogens (tertiary/aromatic N) is 2. The van der Waals surface area contributed by atoms with Gasteiger partial charge in [-0.25, -0.2) is 21.7 Å². The van der Waals surface area contributed by atoms with E-state index in [1.807, 2.05) is 48.5 Å². The average molecular weight is 837 g/mol. The van der Waals surface area contributed by atoms with Gasteiger partial charge in [0.25, 0.3) is 11.8 Å². The molecule has 0 unspecified atom stereocenters. The van der Waals surface area contributed by atoms with Crippen LogP contribution in [0, 0.1) is 0 Å². The van der Waals surface area contributed by atoms with Gasteiger partial charge >= 0.3 is 0 Å². The lowest BCUT2D eigenvalue weighted by Crippen LogP contribution is -2.30. The number of nitrogen functional groups attached to an aromatic ring is 2. The molecule has 9 aromatic rings. The maximum atomic E-state index is 12.1. The summed E-state index contributed by atoms with van der Waals surface area (Å²) in [5, 5.41) is 2.09. The first-order valence-corrected chi connectivity index (χ1v) is 21.7. The molecule has 0 fully saturated rings. The van der Waals surface area contributed by atoms with Crippen LogP contribution >= 0.6 is 0 Å². The third-order valence-electron chi connectivity index (χ3n) is 12.1. The van der Waals surface area contributed by atoms with Crippen molar-refractivity contribution in [1.29, 1.82) is 0 Å². The number of aryl methyl sites for hydroxylation is 4. The fourth-order valence-electron chi connectivity index (χ4n) is 8.52. The van der Waals surface area contributed by atoms with Crippen molar-refractivity contribution < 1.29 is 9.59 Å². The average Bonchev–Trinajstić information content (AvgIpc) is 3.36. The summed E-state index contributed by atoms with van der Waals surface area (Å²) in [6, 6.07) is 62.5. The number of hydrogen-bond donors (Lipinski definition) is 4. The van der Waals surface area contributed by atoms with Crippen LogP contribution in [0.3, 0.4) is 0 Å². The van der Waals surface area contributed by atoms with Crippen molar-refractivity contribution in [3.63, 3.8) is 0 Å². The molecule has 0 aliphatic carbocycles. The first kappa shape index (κ1) is 41.6. The summed E-state index contributed by atoms with van der Waals surface area (Å²) >= 11 is 0. The molecule has 2 aromatic heterocycles. The largest absolute Gasteiger partial charge is 0.290 e. The van der Waals surface area contributed by atoms with E-state index in [-0.39, 0.29) is 11.8 Å². The molecule has 64 heavy (non-hydrogen) atoms. The topological polar surface area (TPSA) is 136 Å². The summed E-state index contributed by atoms with van der Waals surface area (Å²) in [6.45, 7) is 0. The summed E-state index contributed by atoms with van der Waals surface area (Å²) in [6.07, 6.45) is 5.29. The first-order chi connectivity index (χ1) is 31.4. The van der Waals surface area contributed by atoms with Crippen LogP contribution in [0.15, 0.2) is 182 Å². The highest BCUT2D eigenvalue weighted by molar-refractivity contribution is 6.04. The van der Waals surface area contributed by atoms with Gasteiger partial charge in [-0.15, -0.1) is 0 Å². The SMILES string of the molecule is NNC(=O)c1ccccc1CCCc1ccc(-c2ccc(-c3ccc4ccc5ccc(-c6ccc(-c7ccc(CCCc8ccccc8C(=O)NN)cc7)cc6)nc5c4n3)cc2)cc1. The smallest absolute Gasteiger partial charge is 0.265 e. The van der Waals surface area contributed by atoms with E-state index in [2.05, 4.69) is 144 Å². The van der Waals surface area contributed by atoms with E-state index in [9.17, 15) is 9.59 Å². The molecular formula is C56H48N6O2. The molecule has 6 N–H and O–H groups in total. The van der Waals surface area contributed by atoms with Crippen molar-refractivity contribution in [3.05, 3.63) is 215 Å². The van der Waals surface area contributed by atoms with Crippen molar-refractivity contribution in [2.75, 3.05) is 0 Å². The van der Waals surface area contributed by atoms with Gasteiger partial charge in [-0.1, -0.05) is 158 Å². The lowest BCUT2D eigenvalue weighted by molar-refractivity contribution is 0.0944. The number of nitrogens with two attached hydrogens (primary N) is 2. The van der Waals surface area contributed by atoms with Gasteiger partial charge in [0.15, 0.2) is 0 Å². The van der Waals surface area contributed by atoms with Crippen molar-refractivity contribution in [2.24, 2.45) is 11.7 Å². The second kappa shape index (κ2) is 19.1. The minimum absolute atomic E-state index is 0.258. The molecule has 0 radical (unpaired) electrons. The van der Waals surface area contributed by atoms with Crippen LogP contribution in [0.1, 0.15) is 55.8 Å². The van der Waals surface area contributed by atoms with Crippen LogP contribution in [0.4, 0.5) is 0 Å². The Morgan fingerprint density at radius 1 is 0.375 bits per heavy atom. The predicted octanol–water partition coefficient (Wildman–Crippen LogP) is 11.0. The molecule has 0 bridgehead atoms. The van der Waals surface area contributed by atoms with Crippen LogP contribution in [0.5, 0.6) is 0 Å². The van der Waals surface area contributed by atoms with Gasteiger partial charge in [0.1, 0.15) is 0 Å². The van der Waals surface area contributed by atoms with E-state index in [1.54, 1.807) is 0 Å². The molecule has 7 aromatic carbocycles. The molecular weight excluding hydrogens is 789 g/mol. The number of hydrazine groups is 2. The molecule has 0 aliphatic rings. The van der Waals surface area contributed by atoms with Crippen molar-refractivity contribution in [2.45, 2.75) is 38.5 Å². The zero-order valence-corrected chi connectivity index (χ0v) is 35.4. The molecule has 0 spiro atoms. The van der Waals surface area contributed by atoms with Gasteiger partial charge in [0.05, 0.1) is 22.4 Å². The maximum Gasteiger partial charge on any atom is 0.265 e. The van der Waals surface area contributed by atoms with Crippen molar-refractivity contribution in [3.8, 4) is 44.8 Å². The molecule has 0 atom stereocenters. The summed E-state index contributed by atoms with van der Waals surface area (Å²) in [4.78, 5) is 34.7. The van der Waals surface area contributed by atoms with Crippen LogP contribution in [0.2, 0.25) is 0 Å². The van der Waals surface area contributed by atoms with Gasteiger partial charge in [0.2, 0.25) is 0 Å². The van der Waals surface area contributed by atoms with E-state index in [0.29, 0.717) is 11.1 Å². The fraction of sp³-hybridized carbons (Fsp3) is 0.107.